The SMILES string of the molecule is CCOc1cc(Cl)cc(S(=O)(=O)N2CCC(C(=O)NCc3ccc(Cl)cn3)CC2)c1. The summed E-state index contributed by atoms with van der Waals surface area (Å²) in [5, 5.41) is 3.69. The van der Waals surface area contributed by atoms with Gasteiger partial charge in [-0.15, -0.1) is 0 Å². The molecule has 1 aromatic carbocycles. The summed E-state index contributed by atoms with van der Waals surface area (Å²) in [4.78, 5) is 16.7. The van der Waals surface area contributed by atoms with Gasteiger partial charge in [-0.2, -0.15) is 4.31 Å². The third-order valence-electron chi connectivity index (χ3n) is 4.85. The van der Waals surface area contributed by atoms with Crippen LogP contribution in [-0.4, -0.2) is 43.3 Å². The van der Waals surface area contributed by atoms with E-state index < -0.39 is 10.0 Å². The van der Waals surface area contributed by atoms with Crippen LogP contribution in [0.25, 0.3) is 0 Å². The Morgan fingerprint density at radius 2 is 1.93 bits per heavy atom. The molecule has 1 N–H and O–H groups in total. The molecule has 1 amide bonds. The average Bonchev–Trinajstić information content (AvgIpc) is 2.73. The number of aromatic nitrogens is 1. The number of hydrogen-bond acceptors (Lipinski definition) is 5. The standard InChI is InChI=1S/C20H23Cl2N3O4S/c1-2-29-18-9-16(22)10-19(11-18)30(27,28)25-7-5-14(6-8-25)20(26)24-13-17-4-3-15(21)12-23-17/h3-4,9-12,14H,2,5-8,13H2,1H3,(H,24,26). The first-order valence-electron chi connectivity index (χ1n) is 9.61. The third kappa shape index (κ3) is 5.63. The lowest BCUT2D eigenvalue weighted by atomic mass is 9.97. The van der Waals surface area contributed by atoms with E-state index in [1.54, 1.807) is 18.2 Å². The van der Waals surface area contributed by atoms with E-state index in [-0.39, 0.29) is 29.8 Å². The van der Waals surface area contributed by atoms with Crippen LogP contribution in [0.4, 0.5) is 0 Å². The zero-order valence-corrected chi connectivity index (χ0v) is 18.8. The van der Waals surface area contributed by atoms with Gasteiger partial charge in [0.25, 0.3) is 0 Å². The van der Waals surface area contributed by atoms with E-state index in [2.05, 4.69) is 10.3 Å². The molecular formula is C20H23Cl2N3O4S. The normalized spacial score (nSPS) is 15.7. The van der Waals surface area contributed by atoms with Gasteiger partial charge in [-0.3, -0.25) is 9.78 Å². The second kappa shape index (κ2) is 9.96. The fourth-order valence-electron chi connectivity index (χ4n) is 3.28. The summed E-state index contributed by atoms with van der Waals surface area (Å²) in [6.07, 6.45) is 2.41. The zero-order chi connectivity index (χ0) is 21.7. The maximum absolute atomic E-state index is 13.0. The molecule has 2 aromatic rings. The third-order valence-corrected chi connectivity index (χ3v) is 7.17. The van der Waals surface area contributed by atoms with E-state index in [1.165, 1.54) is 22.6 Å². The van der Waals surface area contributed by atoms with Crippen LogP contribution in [0.1, 0.15) is 25.5 Å². The lowest BCUT2D eigenvalue weighted by Gasteiger charge is -2.30. The molecule has 162 valence electrons. The van der Waals surface area contributed by atoms with Gasteiger partial charge in [0.1, 0.15) is 5.75 Å². The summed E-state index contributed by atoms with van der Waals surface area (Å²) in [7, 11) is -3.72. The molecule has 1 aliphatic heterocycles. The molecule has 1 fully saturated rings. The van der Waals surface area contributed by atoms with Crippen LogP contribution < -0.4 is 10.1 Å². The number of piperidine rings is 1. The number of pyridine rings is 1. The summed E-state index contributed by atoms with van der Waals surface area (Å²) < 4.78 is 32.8. The van der Waals surface area contributed by atoms with Crippen molar-refractivity contribution in [2.24, 2.45) is 5.92 Å². The van der Waals surface area contributed by atoms with Crippen molar-refractivity contribution < 1.29 is 17.9 Å². The lowest BCUT2D eigenvalue weighted by molar-refractivity contribution is -0.126. The predicted octanol–water partition coefficient (Wildman–Crippen LogP) is 3.50. The van der Waals surface area contributed by atoms with Crippen molar-refractivity contribution in [1.29, 1.82) is 0 Å². The van der Waals surface area contributed by atoms with E-state index in [0.717, 1.165) is 0 Å². The highest BCUT2D eigenvalue weighted by Crippen LogP contribution is 2.29. The van der Waals surface area contributed by atoms with E-state index in [1.807, 2.05) is 6.92 Å². The molecule has 0 radical (unpaired) electrons. The quantitative estimate of drug-likeness (QED) is 0.667. The van der Waals surface area contributed by atoms with Gasteiger partial charge in [0.15, 0.2) is 0 Å². The van der Waals surface area contributed by atoms with Crippen LogP contribution >= 0.6 is 23.2 Å². The minimum atomic E-state index is -3.72. The van der Waals surface area contributed by atoms with Gasteiger partial charge in [-0.05, 0) is 44.0 Å². The molecule has 0 bridgehead atoms. The highest BCUT2D eigenvalue weighted by atomic mass is 35.5. The van der Waals surface area contributed by atoms with Crippen molar-refractivity contribution in [3.8, 4) is 5.75 Å². The molecule has 0 spiro atoms. The fourth-order valence-corrected chi connectivity index (χ4v) is 5.21. The number of sulfonamides is 1. The van der Waals surface area contributed by atoms with Gasteiger partial charge < -0.3 is 10.1 Å². The second-order valence-electron chi connectivity index (χ2n) is 6.92. The Balaban J connectivity index is 1.59. The van der Waals surface area contributed by atoms with Crippen LogP contribution in [-0.2, 0) is 21.4 Å². The topological polar surface area (TPSA) is 88.6 Å². The van der Waals surface area contributed by atoms with Crippen LogP contribution in [0.2, 0.25) is 10.0 Å². The van der Waals surface area contributed by atoms with Gasteiger partial charge in [-0.25, -0.2) is 8.42 Å². The monoisotopic (exact) mass is 471 g/mol. The van der Waals surface area contributed by atoms with E-state index in [9.17, 15) is 13.2 Å². The Morgan fingerprint density at radius 1 is 1.20 bits per heavy atom. The fraction of sp³-hybridized carbons (Fsp3) is 0.400. The lowest BCUT2D eigenvalue weighted by Crippen LogP contribution is -2.42. The second-order valence-corrected chi connectivity index (χ2v) is 9.73. The molecule has 0 aliphatic carbocycles. The summed E-state index contributed by atoms with van der Waals surface area (Å²) in [6, 6.07) is 7.93. The number of ether oxygens (including phenoxy) is 1. The number of carbonyl (C=O) groups is 1. The molecule has 1 aliphatic rings. The summed E-state index contributed by atoms with van der Waals surface area (Å²) in [6.45, 7) is 3.04. The average molecular weight is 472 g/mol. The van der Waals surface area contributed by atoms with Gasteiger partial charge >= 0.3 is 0 Å². The maximum Gasteiger partial charge on any atom is 0.243 e. The van der Waals surface area contributed by atoms with E-state index >= 15 is 0 Å². The largest absolute Gasteiger partial charge is 0.494 e. The van der Waals surface area contributed by atoms with Crippen molar-refractivity contribution in [3.05, 3.63) is 52.3 Å². The van der Waals surface area contributed by atoms with Gasteiger partial charge in [-0.1, -0.05) is 23.2 Å². The molecule has 2 heterocycles. The predicted molar refractivity (Wildman–Crippen MR) is 115 cm³/mol. The maximum atomic E-state index is 13.0. The Morgan fingerprint density at radius 3 is 2.57 bits per heavy atom. The molecular weight excluding hydrogens is 449 g/mol. The van der Waals surface area contributed by atoms with Crippen molar-refractivity contribution in [1.82, 2.24) is 14.6 Å². The van der Waals surface area contributed by atoms with Crippen LogP contribution in [0.15, 0.2) is 41.4 Å². The number of carbonyl (C=O) groups excluding carboxylic acids is 1. The number of benzene rings is 1. The highest BCUT2D eigenvalue weighted by Gasteiger charge is 2.32. The Bertz CT molecular complexity index is 992. The molecule has 0 unspecified atom stereocenters. The smallest absolute Gasteiger partial charge is 0.243 e. The molecule has 0 saturated carbocycles. The van der Waals surface area contributed by atoms with Gasteiger partial charge in [0, 0.05) is 36.3 Å². The summed E-state index contributed by atoms with van der Waals surface area (Å²) >= 11 is 11.9. The van der Waals surface area contributed by atoms with Crippen LogP contribution in [0, 0.1) is 5.92 Å². The minimum absolute atomic E-state index is 0.0927. The number of halogens is 2. The van der Waals surface area contributed by atoms with Crippen molar-refractivity contribution in [2.75, 3.05) is 19.7 Å². The first kappa shape index (κ1) is 22.8. The summed E-state index contributed by atoms with van der Waals surface area (Å²) in [5.41, 5.74) is 0.707. The molecule has 1 aromatic heterocycles. The molecule has 30 heavy (non-hydrogen) atoms. The molecule has 10 heteroatoms. The Hall–Kier alpha value is -1.87. The number of hydrogen-bond donors (Lipinski definition) is 1. The molecule has 1 saturated heterocycles. The van der Waals surface area contributed by atoms with Gasteiger partial charge in [0.2, 0.25) is 15.9 Å². The van der Waals surface area contributed by atoms with E-state index in [0.29, 0.717) is 47.5 Å². The molecule has 7 nitrogen and oxygen atoms in total. The molecule has 3 rings (SSSR count). The zero-order valence-electron chi connectivity index (χ0n) is 16.5. The van der Waals surface area contributed by atoms with Crippen LogP contribution in [0.3, 0.4) is 0 Å². The summed E-state index contributed by atoms with van der Waals surface area (Å²) in [5.74, 6) is 0.0564. The van der Waals surface area contributed by atoms with Crippen molar-refractivity contribution in [2.45, 2.75) is 31.2 Å². The number of nitrogens with zero attached hydrogens (tertiary/aromatic N) is 2. The Kier molecular flexibility index (Phi) is 7.57. The first-order valence-corrected chi connectivity index (χ1v) is 11.8. The van der Waals surface area contributed by atoms with E-state index in [4.69, 9.17) is 27.9 Å². The van der Waals surface area contributed by atoms with Crippen molar-refractivity contribution in [3.63, 3.8) is 0 Å². The first-order chi connectivity index (χ1) is 14.3. The number of amides is 1. The van der Waals surface area contributed by atoms with Crippen molar-refractivity contribution >= 4 is 39.1 Å². The minimum Gasteiger partial charge on any atom is -0.494 e. The number of nitrogens with one attached hydrogen (secondary N) is 1. The molecule has 0 atom stereocenters. The van der Waals surface area contributed by atoms with Gasteiger partial charge in [0.05, 0.1) is 28.8 Å². The Labute approximate surface area is 186 Å². The number of rotatable bonds is 7. The van der Waals surface area contributed by atoms with Crippen LogP contribution in [0.5, 0.6) is 5.75 Å². The highest BCUT2D eigenvalue weighted by molar-refractivity contribution is 7.89.